The molecule has 3 rings (SSSR count). The van der Waals surface area contributed by atoms with Crippen molar-refractivity contribution in [2.75, 3.05) is 33.4 Å². The Bertz CT molecular complexity index is 1470. The van der Waals surface area contributed by atoms with E-state index in [1.807, 2.05) is 96.1 Å². The Morgan fingerprint density at radius 2 is 1.60 bits per heavy atom. The third-order valence-electron chi connectivity index (χ3n) is 7.32. The summed E-state index contributed by atoms with van der Waals surface area (Å²) in [5.41, 5.74) is 4.68. The number of ether oxygens (including phenoxy) is 3. The van der Waals surface area contributed by atoms with E-state index in [0.29, 0.717) is 25.5 Å². The Labute approximate surface area is 284 Å². The zero-order valence-corrected chi connectivity index (χ0v) is 29.5. The van der Waals surface area contributed by atoms with Gasteiger partial charge in [0.05, 0.1) is 18.1 Å². The second kappa shape index (κ2) is 18.3. The highest BCUT2D eigenvalue weighted by molar-refractivity contribution is 5.89. The third-order valence-corrected chi connectivity index (χ3v) is 7.32. The number of likely N-dealkylation sites (N-methyl/N-ethyl adjacent to an activating group) is 1. The van der Waals surface area contributed by atoms with Crippen LogP contribution in [0.4, 0.5) is 4.79 Å². The predicted octanol–water partition coefficient (Wildman–Crippen LogP) is 4.42. The third kappa shape index (κ3) is 11.8. The summed E-state index contributed by atoms with van der Waals surface area (Å²) in [6.07, 6.45) is 1.23. The Morgan fingerprint density at radius 1 is 0.938 bits per heavy atom. The molecule has 0 saturated heterocycles. The van der Waals surface area contributed by atoms with Gasteiger partial charge in [-0.05, 0) is 77.8 Å². The Balaban J connectivity index is 1.99. The second-order valence-electron chi connectivity index (χ2n) is 12.5. The maximum Gasteiger partial charge on any atom is 0.329 e. The molecule has 1 aromatic heterocycles. The van der Waals surface area contributed by atoms with Crippen LogP contribution in [0.5, 0.6) is 5.75 Å². The molecule has 2 unspecified atom stereocenters. The van der Waals surface area contributed by atoms with E-state index in [9.17, 15) is 14.4 Å². The van der Waals surface area contributed by atoms with Crippen molar-refractivity contribution < 1.29 is 28.6 Å². The number of benzene rings is 2. The zero-order chi connectivity index (χ0) is 35.3. The van der Waals surface area contributed by atoms with E-state index in [2.05, 4.69) is 21.0 Å². The van der Waals surface area contributed by atoms with E-state index in [4.69, 9.17) is 14.2 Å². The number of nitrogens with one attached hydrogen (secondary N) is 3. The summed E-state index contributed by atoms with van der Waals surface area (Å²) in [6.45, 7) is 14.6. The molecule has 12 nitrogen and oxygen atoms in total. The van der Waals surface area contributed by atoms with Gasteiger partial charge in [-0.25, -0.2) is 9.80 Å². The van der Waals surface area contributed by atoms with E-state index in [-0.39, 0.29) is 31.0 Å². The number of nitrogens with zero attached hydrogens (tertiary/aromatic N) is 3. The molecule has 0 saturated carbocycles. The lowest BCUT2D eigenvalue weighted by atomic mass is 10.0. The largest absolute Gasteiger partial charge is 0.488 e. The lowest BCUT2D eigenvalue weighted by molar-refractivity contribution is -0.179. The van der Waals surface area contributed by atoms with Gasteiger partial charge in [-0.2, -0.15) is 0 Å². The van der Waals surface area contributed by atoms with E-state index < -0.39 is 30.3 Å². The summed E-state index contributed by atoms with van der Waals surface area (Å²) in [5.74, 6) is -0.0559. The van der Waals surface area contributed by atoms with Crippen LogP contribution in [0.15, 0.2) is 60.8 Å². The summed E-state index contributed by atoms with van der Waals surface area (Å²) in [5, 5.41) is 7.89. The molecule has 1 heterocycles. The van der Waals surface area contributed by atoms with Gasteiger partial charge in [0.1, 0.15) is 17.4 Å². The molecule has 0 aliphatic carbocycles. The van der Waals surface area contributed by atoms with Crippen molar-refractivity contribution >= 4 is 28.7 Å². The first kappa shape index (κ1) is 38.2. The lowest BCUT2D eigenvalue weighted by Gasteiger charge is -2.37. The topological polar surface area (TPSA) is 134 Å². The SMILES string of the molecule is CCNC(=O)NN(C)CC(=O)NC(Cc1ccc(OC(C)(C)C)cc1)C(=O)N(Cc1cccc2cccnc12)C(C)C(OCC)OCC. The summed E-state index contributed by atoms with van der Waals surface area (Å²) in [7, 11) is 1.58. The van der Waals surface area contributed by atoms with Gasteiger partial charge in [-0.1, -0.05) is 36.4 Å². The molecule has 2 aromatic carbocycles. The minimum Gasteiger partial charge on any atom is -0.488 e. The highest BCUT2D eigenvalue weighted by Crippen LogP contribution is 2.23. The van der Waals surface area contributed by atoms with Crippen LogP contribution in [0, 0.1) is 0 Å². The first-order valence-electron chi connectivity index (χ1n) is 16.5. The van der Waals surface area contributed by atoms with Crippen LogP contribution in [0.25, 0.3) is 10.9 Å². The van der Waals surface area contributed by atoms with E-state index >= 15 is 0 Å². The van der Waals surface area contributed by atoms with Crippen LogP contribution in [0.3, 0.4) is 0 Å². The summed E-state index contributed by atoms with van der Waals surface area (Å²) in [4.78, 5) is 46.5. The van der Waals surface area contributed by atoms with E-state index in [1.54, 1.807) is 25.1 Å². The van der Waals surface area contributed by atoms with Gasteiger partial charge in [0, 0.05) is 51.4 Å². The molecule has 48 heavy (non-hydrogen) atoms. The van der Waals surface area contributed by atoms with Crippen molar-refractivity contribution in [3.8, 4) is 5.75 Å². The maximum absolute atomic E-state index is 14.7. The number of fused-ring (bicyclic) bond motifs is 1. The molecule has 12 heteroatoms. The molecule has 4 amide bonds. The highest BCUT2D eigenvalue weighted by atomic mass is 16.7. The Kier molecular flexibility index (Phi) is 14.6. The van der Waals surface area contributed by atoms with Crippen LogP contribution < -0.4 is 20.8 Å². The second-order valence-corrected chi connectivity index (χ2v) is 12.5. The first-order chi connectivity index (χ1) is 22.8. The van der Waals surface area contributed by atoms with Crippen molar-refractivity contribution in [2.45, 2.75) is 85.4 Å². The van der Waals surface area contributed by atoms with Crippen molar-refractivity contribution in [3.63, 3.8) is 0 Å². The first-order valence-corrected chi connectivity index (χ1v) is 16.5. The molecular formula is C36H52N6O6. The number of rotatable bonds is 17. The van der Waals surface area contributed by atoms with Gasteiger partial charge in [0.15, 0.2) is 6.29 Å². The number of para-hydroxylation sites is 1. The van der Waals surface area contributed by atoms with Crippen LogP contribution in [-0.4, -0.2) is 90.1 Å². The molecular weight excluding hydrogens is 612 g/mol. The average molecular weight is 665 g/mol. The normalized spacial score (nSPS) is 12.9. The van der Waals surface area contributed by atoms with Crippen LogP contribution in [-0.2, 0) is 32.0 Å². The van der Waals surface area contributed by atoms with Gasteiger partial charge >= 0.3 is 6.03 Å². The number of hydrazine groups is 1. The fourth-order valence-corrected chi connectivity index (χ4v) is 5.25. The van der Waals surface area contributed by atoms with Crippen LogP contribution in [0.1, 0.15) is 59.6 Å². The number of pyridine rings is 1. The van der Waals surface area contributed by atoms with E-state index in [0.717, 1.165) is 22.0 Å². The zero-order valence-electron chi connectivity index (χ0n) is 29.5. The van der Waals surface area contributed by atoms with E-state index in [1.165, 1.54) is 5.01 Å². The summed E-state index contributed by atoms with van der Waals surface area (Å²) < 4.78 is 17.9. The number of aromatic nitrogens is 1. The predicted molar refractivity (Wildman–Crippen MR) is 186 cm³/mol. The monoisotopic (exact) mass is 664 g/mol. The van der Waals surface area contributed by atoms with Gasteiger partial charge in [-0.15, -0.1) is 0 Å². The quantitative estimate of drug-likeness (QED) is 0.143. The molecule has 0 aliphatic rings. The average Bonchev–Trinajstić information content (AvgIpc) is 3.02. The molecule has 0 fully saturated rings. The van der Waals surface area contributed by atoms with Crippen molar-refractivity contribution in [2.24, 2.45) is 0 Å². The number of carbonyl (C=O) groups excluding carboxylic acids is 3. The minimum absolute atomic E-state index is 0.178. The Hall–Kier alpha value is -4.26. The summed E-state index contributed by atoms with van der Waals surface area (Å²) >= 11 is 0. The number of hydrogen-bond acceptors (Lipinski definition) is 8. The standard InChI is InChI=1S/C36H52N6O6/c1-9-37-35(45)40-41(8)24-31(43)39-30(22-26-17-19-29(20-18-26)48-36(5,6)7)33(44)42(25(4)34(46-10-2)47-11-3)23-28-15-12-14-27-16-13-21-38-32(27)28/h12-21,25,30,34H,9-11,22-24H2,1-8H3,(H,39,43)(H2,37,40,45). The smallest absolute Gasteiger partial charge is 0.329 e. The van der Waals surface area contributed by atoms with Gasteiger partial charge in [0.25, 0.3) is 0 Å². The molecule has 0 spiro atoms. The van der Waals surface area contributed by atoms with Gasteiger partial charge < -0.3 is 29.7 Å². The number of urea groups is 1. The summed E-state index contributed by atoms with van der Waals surface area (Å²) in [6, 6.07) is 15.3. The number of amides is 4. The number of carbonyl (C=O) groups is 3. The minimum atomic E-state index is -0.959. The van der Waals surface area contributed by atoms with Crippen LogP contribution >= 0.6 is 0 Å². The Morgan fingerprint density at radius 3 is 2.23 bits per heavy atom. The molecule has 2 atom stereocenters. The van der Waals surface area contributed by atoms with Crippen molar-refractivity contribution in [1.29, 1.82) is 0 Å². The fourth-order valence-electron chi connectivity index (χ4n) is 5.25. The molecule has 0 radical (unpaired) electrons. The molecule has 3 aromatic rings. The van der Waals surface area contributed by atoms with Crippen molar-refractivity contribution in [3.05, 3.63) is 71.9 Å². The molecule has 3 N–H and O–H groups in total. The van der Waals surface area contributed by atoms with Gasteiger partial charge in [0.2, 0.25) is 11.8 Å². The van der Waals surface area contributed by atoms with Gasteiger partial charge in [-0.3, -0.25) is 20.0 Å². The lowest BCUT2D eigenvalue weighted by Crippen LogP contribution is -2.56. The molecule has 262 valence electrons. The maximum atomic E-state index is 14.7. The highest BCUT2D eigenvalue weighted by Gasteiger charge is 2.34. The van der Waals surface area contributed by atoms with Crippen molar-refractivity contribution in [1.82, 2.24) is 31.0 Å². The number of hydrogen-bond donors (Lipinski definition) is 3. The molecule has 0 aliphatic heterocycles. The fraction of sp³-hybridized carbons (Fsp3) is 0.500. The van der Waals surface area contributed by atoms with Crippen LogP contribution in [0.2, 0.25) is 0 Å². The molecule has 0 bridgehead atoms.